The van der Waals surface area contributed by atoms with Gasteiger partial charge in [0.15, 0.2) is 0 Å². The van der Waals surface area contributed by atoms with Crippen molar-refractivity contribution in [1.29, 1.82) is 0 Å². The van der Waals surface area contributed by atoms with Crippen molar-refractivity contribution in [2.75, 3.05) is 26.2 Å². The van der Waals surface area contributed by atoms with E-state index in [2.05, 4.69) is 15.6 Å². The normalized spacial score (nSPS) is 24.0. The van der Waals surface area contributed by atoms with E-state index in [9.17, 15) is 14.0 Å². The zero-order chi connectivity index (χ0) is 16.9. The van der Waals surface area contributed by atoms with Crippen LogP contribution in [0.3, 0.4) is 0 Å². The van der Waals surface area contributed by atoms with Crippen LogP contribution < -0.4 is 10.6 Å². The Morgan fingerprint density at radius 1 is 1.33 bits per heavy atom. The van der Waals surface area contributed by atoms with Crippen LogP contribution in [0.5, 0.6) is 0 Å². The van der Waals surface area contributed by atoms with E-state index >= 15 is 0 Å². The summed E-state index contributed by atoms with van der Waals surface area (Å²) in [6, 6.07) is 1.14. The van der Waals surface area contributed by atoms with E-state index in [-0.39, 0.29) is 29.3 Å². The maximum absolute atomic E-state index is 13.2. The van der Waals surface area contributed by atoms with Gasteiger partial charge in [0.2, 0.25) is 5.91 Å². The quantitative estimate of drug-likeness (QED) is 0.859. The molecule has 2 saturated heterocycles. The molecule has 2 atom stereocenters. The van der Waals surface area contributed by atoms with E-state index in [1.165, 1.54) is 12.3 Å². The Labute approximate surface area is 140 Å². The minimum absolute atomic E-state index is 0.0466. The maximum atomic E-state index is 13.2. The zero-order valence-electron chi connectivity index (χ0n) is 13.6. The van der Waals surface area contributed by atoms with Gasteiger partial charge in [-0.3, -0.25) is 14.6 Å². The number of piperidine rings is 1. The Bertz CT molecular complexity index is 604. The van der Waals surface area contributed by atoms with Crippen LogP contribution in [0.4, 0.5) is 4.39 Å². The number of aromatic nitrogens is 1. The van der Waals surface area contributed by atoms with Gasteiger partial charge in [-0.1, -0.05) is 0 Å². The van der Waals surface area contributed by atoms with E-state index in [0.29, 0.717) is 19.6 Å². The van der Waals surface area contributed by atoms with Gasteiger partial charge in [-0.2, -0.15) is 0 Å². The molecule has 0 saturated carbocycles. The molecule has 0 radical (unpaired) electrons. The lowest BCUT2D eigenvalue weighted by Gasteiger charge is -2.33. The minimum atomic E-state index is -0.509. The fourth-order valence-corrected chi connectivity index (χ4v) is 3.40. The molecule has 3 heterocycles. The van der Waals surface area contributed by atoms with Crippen molar-refractivity contribution < 1.29 is 14.0 Å². The number of likely N-dealkylation sites (tertiary alicyclic amines) is 1. The average molecular weight is 334 g/mol. The molecule has 2 amide bonds. The van der Waals surface area contributed by atoms with Crippen molar-refractivity contribution in [3.8, 4) is 0 Å². The van der Waals surface area contributed by atoms with Crippen LogP contribution in [0, 0.1) is 11.7 Å². The molecule has 24 heavy (non-hydrogen) atoms. The number of halogens is 1. The molecule has 0 unspecified atom stereocenters. The van der Waals surface area contributed by atoms with Crippen molar-refractivity contribution in [2.24, 2.45) is 5.92 Å². The molecular weight excluding hydrogens is 311 g/mol. The number of nitrogens with one attached hydrogen (secondary N) is 2. The van der Waals surface area contributed by atoms with Crippen LogP contribution in [-0.2, 0) is 4.79 Å². The highest BCUT2D eigenvalue weighted by Crippen LogP contribution is 2.18. The Kier molecular flexibility index (Phi) is 5.40. The van der Waals surface area contributed by atoms with Crippen molar-refractivity contribution in [2.45, 2.75) is 31.7 Å². The number of rotatable bonds is 4. The second-order valence-corrected chi connectivity index (χ2v) is 6.55. The third-order valence-corrected chi connectivity index (χ3v) is 4.70. The van der Waals surface area contributed by atoms with Crippen LogP contribution >= 0.6 is 0 Å². The van der Waals surface area contributed by atoms with Gasteiger partial charge in [0.25, 0.3) is 5.91 Å². The number of carbonyl (C=O) groups is 2. The monoisotopic (exact) mass is 334 g/mol. The highest BCUT2D eigenvalue weighted by Gasteiger charge is 2.27. The molecule has 1 aromatic heterocycles. The largest absolute Gasteiger partial charge is 0.354 e. The van der Waals surface area contributed by atoms with Gasteiger partial charge in [0.05, 0.1) is 17.8 Å². The lowest BCUT2D eigenvalue weighted by molar-refractivity contribution is -0.123. The Morgan fingerprint density at radius 3 is 2.96 bits per heavy atom. The molecule has 1 aromatic rings. The van der Waals surface area contributed by atoms with Crippen molar-refractivity contribution >= 4 is 11.8 Å². The number of carbonyl (C=O) groups excluding carboxylic acids is 2. The number of pyridine rings is 1. The summed E-state index contributed by atoms with van der Waals surface area (Å²) < 4.78 is 13.2. The highest BCUT2D eigenvalue weighted by molar-refractivity contribution is 5.94. The molecule has 6 nitrogen and oxygen atoms in total. The van der Waals surface area contributed by atoms with Crippen LogP contribution in [-0.4, -0.2) is 53.9 Å². The fourth-order valence-electron chi connectivity index (χ4n) is 3.40. The highest BCUT2D eigenvalue weighted by atomic mass is 19.1. The molecule has 0 spiro atoms. The van der Waals surface area contributed by atoms with Crippen LogP contribution in [0.1, 0.15) is 36.0 Å². The standard InChI is InChI=1S/C17H23FN4O2/c18-14-7-13(9-19-10-14)17(24)22-6-2-3-12(11-22)8-21-16(23)15-4-1-5-20-15/h7,9-10,12,15,20H,1-6,8,11H2,(H,21,23)/t12-,15-/m0/s1. The van der Waals surface area contributed by atoms with Gasteiger partial charge < -0.3 is 15.5 Å². The van der Waals surface area contributed by atoms with Gasteiger partial charge >= 0.3 is 0 Å². The number of nitrogens with zero attached hydrogens (tertiary/aromatic N) is 2. The Morgan fingerprint density at radius 2 is 2.21 bits per heavy atom. The third-order valence-electron chi connectivity index (χ3n) is 4.70. The maximum Gasteiger partial charge on any atom is 0.255 e. The summed E-state index contributed by atoms with van der Waals surface area (Å²) in [7, 11) is 0. The smallest absolute Gasteiger partial charge is 0.255 e. The van der Waals surface area contributed by atoms with Crippen LogP contribution in [0.2, 0.25) is 0 Å². The summed E-state index contributed by atoms with van der Waals surface area (Å²) in [5.74, 6) is -0.430. The van der Waals surface area contributed by atoms with E-state index in [1.54, 1.807) is 4.90 Å². The average Bonchev–Trinajstić information content (AvgIpc) is 3.14. The molecule has 2 N–H and O–H groups in total. The van der Waals surface area contributed by atoms with Crippen molar-refractivity contribution in [3.05, 3.63) is 29.8 Å². The Balaban J connectivity index is 1.52. The summed E-state index contributed by atoms with van der Waals surface area (Å²) in [5.41, 5.74) is 0.273. The first-order valence-electron chi connectivity index (χ1n) is 8.54. The van der Waals surface area contributed by atoms with Gasteiger partial charge in [-0.05, 0) is 44.2 Å². The number of amides is 2. The SMILES string of the molecule is O=C(NC[C@@H]1CCCN(C(=O)c2cncc(F)c2)C1)[C@@H]1CCCN1. The molecule has 2 aliphatic rings. The minimum Gasteiger partial charge on any atom is -0.354 e. The second-order valence-electron chi connectivity index (χ2n) is 6.55. The predicted molar refractivity (Wildman–Crippen MR) is 86.9 cm³/mol. The molecule has 3 rings (SSSR count). The first-order chi connectivity index (χ1) is 11.6. The summed E-state index contributed by atoms with van der Waals surface area (Å²) in [6.07, 6.45) is 6.25. The molecule has 2 aliphatic heterocycles. The van der Waals surface area contributed by atoms with E-state index < -0.39 is 5.82 Å². The molecule has 7 heteroatoms. The second kappa shape index (κ2) is 7.70. The molecule has 0 aromatic carbocycles. The molecule has 130 valence electrons. The van der Waals surface area contributed by atoms with Gasteiger partial charge in [-0.15, -0.1) is 0 Å². The third kappa shape index (κ3) is 4.08. The van der Waals surface area contributed by atoms with E-state index in [1.807, 2.05) is 0 Å². The van der Waals surface area contributed by atoms with E-state index in [0.717, 1.165) is 38.4 Å². The first-order valence-corrected chi connectivity index (χ1v) is 8.54. The number of hydrogen-bond donors (Lipinski definition) is 2. The van der Waals surface area contributed by atoms with Gasteiger partial charge in [-0.25, -0.2) is 4.39 Å². The van der Waals surface area contributed by atoms with E-state index in [4.69, 9.17) is 0 Å². The van der Waals surface area contributed by atoms with Gasteiger partial charge in [0.1, 0.15) is 5.82 Å². The Hall–Kier alpha value is -2.02. The molecule has 2 fully saturated rings. The molecular formula is C17H23FN4O2. The van der Waals surface area contributed by atoms with Gasteiger partial charge in [0, 0.05) is 25.8 Å². The summed E-state index contributed by atoms with van der Waals surface area (Å²) in [4.78, 5) is 30.0. The molecule has 0 aliphatic carbocycles. The van der Waals surface area contributed by atoms with Crippen molar-refractivity contribution in [3.63, 3.8) is 0 Å². The molecule has 0 bridgehead atoms. The summed E-state index contributed by atoms with van der Waals surface area (Å²) in [5, 5.41) is 6.17. The predicted octanol–water partition coefficient (Wildman–Crippen LogP) is 0.941. The summed E-state index contributed by atoms with van der Waals surface area (Å²) >= 11 is 0. The topological polar surface area (TPSA) is 74.3 Å². The van der Waals surface area contributed by atoms with Crippen LogP contribution in [0.15, 0.2) is 18.5 Å². The summed E-state index contributed by atoms with van der Waals surface area (Å²) in [6.45, 7) is 2.70. The first kappa shape index (κ1) is 16.8. The lowest BCUT2D eigenvalue weighted by atomic mass is 9.97. The fraction of sp³-hybridized carbons (Fsp3) is 0.588. The zero-order valence-corrected chi connectivity index (χ0v) is 13.6. The number of hydrogen-bond acceptors (Lipinski definition) is 4. The van der Waals surface area contributed by atoms with Crippen LogP contribution in [0.25, 0.3) is 0 Å². The van der Waals surface area contributed by atoms with Crippen molar-refractivity contribution in [1.82, 2.24) is 20.5 Å². The lowest BCUT2D eigenvalue weighted by Crippen LogP contribution is -2.46.